The molecular formula is C17H30. The van der Waals surface area contributed by atoms with E-state index in [-0.39, 0.29) is 0 Å². The largest absolute Gasteiger partial charge is 0.107 e. The van der Waals surface area contributed by atoms with Crippen LogP contribution in [0.5, 0.6) is 0 Å². The molecule has 0 heterocycles. The van der Waals surface area contributed by atoms with Crippen molar-refractivity contribution in [3.05, 3.63) is 0 Å². The molecule has 0 aliphatic heterocycles. The van der Waals surface area contributed by atoms with E-state index in [0.29, 0.717) is 0 Å². The molecule has 17 heavy (non-hydrogen) atoms. The molecule has 4 atom stereocenters. The van der Waals surface area contributed by atoms with Crippen LogP contribution in [0.2, 0.25) is 0 Å². The van der Waals surface area contributed by atoms with E-state index in [2.05, 4.69) is 39.5 Å². The summed E-state index contributed by atoms with van der Waals surface area (Å²) in [5, 5.41) is 0. The van der Waals surface area contributed by atoms with Gasteiger partial charge in [0.2, 0.25) is 0 Å². The van der Waals surface area contributed by atoms with Crippen LogP contribution in [0.3, 0.4) is 0 Å². The Morgan fingerprint density at radius 3 is 2.35 bits per heavy atom. The van der Waals surface area contributed by atoms with Gasteiger partial charge in [-0.2, -0.15) is 0 Å². The lowest BCUT2D eigenvalue weighted by atomic mass is 9.86. The van der Waals surface area contributed by atoms with E-state index in [1.165, 1.54) is 25.7 Å². The van der Waals surface area contributed by atoms with Crippen LogP contribution in [0, 0.1) is 41.4 Å². The van der Waals surface area contributed by atoms with Crippen molar-refractivity contribution in [2.75, 3.05) is 0 Å². The Morgan fingerprint density at radius 2 is 1.88 bits per heavy atom. The molecule has 0 aromatic heterocycles. The van der Waals surface area contributed by atoms with Gasteiger partial charge in [-0.3, -0.25) is 0 Å². The van der Waals surface area contributed by atoms with Gasteiger partial charge < -0.3 is 0 Å². The van der Waals surface area contributed by atoms with Gasteiger partial charge in [0.05, 0.1) is 0 Å². The zero-order valence-corrected chi connectivity index (χ0v) is 12.4. The van der Waals surface area contributed by atoms with E-state index < -0.39 is 0 Å². The fourth-order valence-electron chi connectivity index (χ4n) is 2.83. The summed E-state index contributed by atoms with van der Waals surface area (Å²) in [4.78, 5) is 0. The van der Waals surface area contributed by atoms with Gasteiger partial charge in [-0.1, -0.05) is 40.5 Å². The van der Waals surface area contributed by atoms with E-state index in [1.807, 2.05) is 6.92 Å². The van der Waals surface area contributed by atoms with E-state index in [4.69, 9.17) is 0 Å². The minimum absolute atomic E-state index is 0.828. The lowest BCUT2D eigenvalue weighted by molar-refractivity contribution is 0.319. The smallest absolute Gasteiger partial charge is 0.0120 e. The first kappa shape index (κ1) is 14.6. The molecule has 1 aliphatic carbocycles. The molecule has 0 aromatic rings. The van der Waals surface area contributed by atoms with Crippen molar-refractivity contribution in [2.24, 2.45) is 29.6 Å². The summed E-state index contributed by atoms with van der Waals surface area (Å²) < 4.78 is 0. The third-order valence-corrected chi connectivity index (χ3v) is 4.78. The summed E-state index contributed by atoms with van der Waals surface area (Å²) in [6, 6.07) is 0. The Hall–Kier alpha value is -0.440. The zero-order valence-electron chi connectivity index (χ0n) is 12.4. The molecule has 98 valence electrons. The SMILES string of the molecule is CC#CCC(CCC(C)C(C)C)C1CC1CC. The Labute approximate surface area is 109 Å². The third kappa shape index (κ3) is 4.74. The Kier molecular flexibility index (Phi) is 6.10. The molecule has 0 nitrogen and oxygen atoms in total. The second-order valence-corrected chi connectivity index (χ2v) is 6.26. The van der Waals surface area contributed by atoms with Crippen LogP contribution in [0.4, 0.5) is 0 Å². The quantitative estimate of drug-likeness (QED) is 0.535. The molecule has 0 bridgehead atoms. The average Bonchev–Trinajstić information content (AvgIpc) is 3.08. The number of rotatable bonds is 7. The summed E-state index contributed by atoms with van der Waals surface area (Å²) in [6.45, 7) is 11.4. The molecule has 4 unspecified atom stereocenters. The monoisotopic (exact) mass is 234 g/mol. The molecule has 1 aliphatic rings. The Morgan fingerprint density at radius 1 is 1.18 bits per heavy atom. The van der Waals surface area contributed by atoms with Crippen molar-refractivity contribution in [3.8, 4) is 11.8 Å². The van der Waals surface area contributed by atoms with Crippen molar-refractivity contribution < 1.29 is 0 Å². The summed E-state index contributed by atoms with van der Waals surface area (Å²) in [6.07, 6.45) is 6.78. The van der Waals surface area contributed by atoms with Crippen LogP contribution in [-0.2, 0) is 0 Å². The number of hydrogen-bond acceptors (Lipinski definition) is 0. The maximum Gasteiger partial charge on any atom is 0.0120 e. The van der Waals surface area contributed by atoms with Crippen molar-refractivity contribution >= 4 is 0 Å². The topological polar surface area (TPSA) is 0 Å². The molecule has 0 spiro atoms. The van der Waals surface area contributed by atoms with Crippen LogP contribution in [0.1, 0.15) is 66.7 Å². The third-order valence-electron chi connectivity index (χ3n) is 4.78. The summed E-state index contributed by atoms with van der Waals surface area (Å²) >= 11 is 0. The van der Waals surface area contributed by atoms with Crippen molar-refractivity contribution in [2.45, 2.75) is 66.7 Å². The predicted octanol–water partition coefficient (Wildman–Crippen LogP) is 5.13. The first-order valence-electron chi connectivity index (χ1n) is 7.49. The summed E-state index contributed by atoms with van der Waals surface area (Å²) in [5.41, 5.74) is 0. The summed E-state index contributed by atoms with van der Waals surface area (Å²) in [7, 11) is 0. The average molecular weight is 234 g/mol. The van der Waals surface area contributed by atoms with Crippen LogP contribution < -0.4 is 0 Å². The van der Waals surface area contributed by atoms with Gasteiger partial charge in [0, 0.05) is 6.42 Å². The normalized spacial score (nSPS) is 26.2. The lowest BCUT2D eigenvalue weighted by Crippen LogP contribution is -2.10. The van der Waals surface area contributed by atoms with Crippen LogP contribution in [0.25, 0.3) is 0 Å². The van der Waals surface area contributed by atoms with Gasteiger partial charge in [-0.15, -0.1) is 11.8 Å². The van der Waals surface area contributed by atoms with Crippen LogP contribution in [0.15, 0.2) is 0 Å². The first-order valence-corrected chi connectivity index (χ1v) is 7.49. The van der Waals surface area contributed by atoms with Crippen molar-refractivity contribution in [1.29, 1.82) is 0 Å². The predicted molar refractivity (Wildman–Crippen MR) is 76.7 cm³/mol. The van der Waals surface area contributed by atoms with Gasteiger partial charge in [0.1, 0.15) is 0 Å². The van der Waals surface area contributed by atoms with E-state index in [9.17, 15) is 0 Å². The molecule has 0 radical (unpaired) electrons. The summed E-state index contributed by atoms with van der Waals surface area (Å²) in [5.74, 6) is 11.0. The molecule has 0 saturated heterocycles. The van der Waals surface area contributed by atoms with Crippen LogP contribution >= 0.6 is 0 Å². The molecule has 0 aromatic carbocycles. The molecule has 1 saturated carbocycles. The van der Waals surface area contributed by atoms with Crippen molar-refractivity contribution in [3.63, 3.8) is 0 Å². The number of hydrogen-bond donors (Lipinski definition) is 0. The molecule has 0 N–H and O–H groups in total. The van der Waals surface area contributed by atoms with Gasteiger partial charge in [0.15, 0.2) is 0 Å². The molecule has 0 amide bonds. The van der Waals surface area contributed by atoms with Gasteiger partial charge in [0.25, 0.3) is 0 Å². The fourth-order valence-corrected chi connectivity index (χ4v) is 2.83. The fraction of sp³-hybridized carbons (Fsp3) is 0.882. The Balaban J connectivity index is 2.38. The first-order chi connectivity index (χ1) is 8.10. The second-order valence-electron chi connectivity index (χ2n) is 6.26. The van der Waals surface area contributed by atoms with E-state index >= 15 is 0 Å². The highest BCUT2D eigenvalue weighted by atomic mass is 14.4. The minimum atomic E-state index is 0.828. The highest BCUT2D eigenvalue weighted by Crippen LogP contribution is 2.49. The molecule has 0 heteroatoms. The standard InChI is InChI=1S/C17H30/c1-6-8-9-16(17-12-15(17)7-2)11-10-14(5)13(3)4/h13-17H,7,9-12H2,1-5H3. The van der Waals surface area contributed by atoms with Crippen LogP contribution in [-0.4, -0.2) is 0 Å². The molecule has 1 fully saturated rings. The highest BCUT2D eigenvalue weighted by molar-refractivity contribution is 5.01. The maximum atomic E-state index is 3.32. The van der Waals surface area contributed by atoms with Crippen molar-refractivity contribution in [1.82, 2.24) is 0 Å². The van der Waals surface area contributed by atoms with E-state index in [0.717, 1.165) is 36.0 Å². The second kappa shape index (κ2) is 7.10. The van der Waals surface area contributed by atoms with E-state index in [1.54, 1.807) is 0 Å². The van der Waals surface area contributed by atoms with Gasteiger partial charge in [-0.05, 0) is 49.4 Å². The minimum Gasteiger partial charge on any atom is -0.107 e. The maximum absolute atomic E-state index is 3.32. The zero-order chi connectivity index (χ0) is 12.8. The van der Waals surface area contributed by atoms with Gasteiger partial charge in [-0.25, -0.2) is 0 Å². The molecular weight excluding hydrogens is 204 g/mol. The Bertz CT molecular complexity index is 265. The highest BCUT2D eigenvalue weighted by Gasteiger charge is 2.40. The van der Waals surface area contributed by atoms with Gasteiger partial charge >= 0.3 is 0 Å². The lowest BCUT2D eigenvalue weighted by Gasteiger charge is -2.20. The molecule has 1 rings (SSSR count).